The van der Waals surface area contributed by atoms with Crippen LogP contribution in [0.4, 0.5) is 0 Å². The molecule has 0 rings (SSSR count). The van der Waals surface area contributed by atoms with Gasteiger partial charge in [0.25, 0.3) is 0 Å². The van der Waals surface area contributed by atoms with Crippen molar-refractivity contribution in [1.82, 2.24) is 0 Å². The zero-order valence-corrected chi connectivity index (χ0v) is 13.6. The predicted octanol–water partition coefficient (Wildman–Crippen LogP) is 6.98. The Morgan fingerprint density at radius 1 is 0.611 bits per heavy atom. The van der Waals surface area contributed by atoms with Gasteiger partial charge in [-0.1, -0.05) is 98.3 Å². The van der Waals surface area contributed by atoms with Crippen molar-refractivity contribution in [3.05, 3.63) is 0 Å². The lowest BCUT2D eigenvalue weighted by Crippen LogP contribution is -2.07. The van der Waals surface area contributed by atoms with E-state index in [1.807, 2.05) is 0 Å². The zero-order chi connectivity index (χ0) is 13.6. The molecular weight excluding hydrogens is 216 g/mol. The van der Waals surface area contributed by atoms with Gasteiger partial charge in [0.05, 0.1) is 0 Å². The molecule has 0 radical (unpaired) electrons. The molecule has 0 saturated carbocycles. The lowest BCUT2D eigenvalue weighted by molar-refractivity contribution is 0.322. The Morgan fingerprint density at radius 2 is 1.28 bits per heavy atom. The summed E-state index contributed by atoms with van der Waals surface area (Å²) >= 11 is 0. The molecule has 0 aliphatic carbocycles. The Labute approximate surface area is 117 Å². The van der Waals surface area contributed by atoms with Crippen LogP contribution in [0.2, 0.25) is 0 Å². The minimum absolute atomic E-state index is 0.958. The van der Waals surface area contributed by atoms with Crippen molar-refractivity contribution in [2.45, 2.75) is 105 Å². The fraction of sp³-hybridized carbons (Fsp3) is 1.00. The summed E-state index contributed by atoms with van der Waals surface area (Å²) in [5, 5.41) is 0. The summed E-state index contributed by atoms with van der Waals surface area (Å²) in [5.74, 6) is 1.97. The van der Waals surface area contributed by atoms with Gasteiger partial charge in [-0.25, -0.2) is 0 Å². The van der Waals surface area contributed by atoms with Crippen LogP contribution in [0.1, 0.15) is 105 Å². The second-order valence-electron chi connectivity index (χ2n) is 6.34. The number of rotatable bonds is 13. The largest absolute Gasteiger partial charge is 0.0654 e. The Balaban J connectivity index is 3.62. The van der Waals surface area contributed by atoms with Gasteiger partial charge in [-0.3, -0.25) is 0 Å². The third-order valence-electron chi connectivity index (χ3n) is 4.20. The molecule has 0 aromatic carbocycles. The van der Waals surface area contributed by atoms with E-state index in [0.717, 1.165) is 11.8 Å². The maximum Gasteiger partial charge on any atom is -0.0412 e. The maximum absolute atomic E-state index is 2.48. The maximum atomic E-state index is 2.48. The summed E-state index contributed by atoms with van der Waals surface area (Å²) in [6, 6.07) is 0. The molecule has 0 nitrogen and oxygen atoms in total. The van der Waals surface area contributed by atoms with E-state index in [-0.39, 0.29) is 0 Å². The van der Waals surface area contributed by atoms with E-state index in [1.165, 1.54) is 77.0 Å². The predicted molar refractivity (Wildman–Crippen MR) is 85.1 cm³/mol. The molecule has 0 saturated heterocycles. The van der Waals surface area contributed by atoms with Crippen LogP contribution in [-0.2, 0) is 0 Å². The summed E-state index contributed by atoms with van der Waals surface area (Å²) in [4.78, 5) is 0. The lowest BCUT2D eigenvalue weighted by atomic mass is 9.86. The quantitative estimate of drug-likeness (QED) is 0.311. The molecule has 0 aliphatic heterocycles. The number of hydrogen-bond acceptors (Lipinski definition) is 0. The zero-order valence-electron chi connectivity index (χ0n) is 13.6. The van der Waals surface area contributed by atoms with Crippen LogP contribution in [0.5, 0.6) is 0 Å². The molecule has 0 spiro atoms. The molecule has 0 aromatic rings. The first kappa shape index (κ1) is 18.0. The van der Waals surface area contributed by atoms with Gasteiger partial charge in [-0.05, 0) is 18.3 Å². The van der Waals surface area contributed by atoms with Crippen molar-refractivity contribution >= 4 is 0 Å². The van der Waals surface area contributed by atoms with Crippen molar-refractivity contribution in [3.63, 3.8) is 0 Å². The summed E-state index contributed by atoms with van der Waals surface area (Å²) in [5.41, 5.74) is 0. The molecule has 0 aliphatic rings. The molecule has 2 atom stereocenters. The highest BCUT2D eigenvalue weighted by Crippen LogP contribution is 2.26. The SMILES string of the molecule is CCCCCCCC(C)CC(CCC)CCCC. The molecule has 2 unspecified atom stereocenters. The van der Waals surface area contributed by atoms with Crippen LogP contribution in [0.3, 0.4) is 0 Å². The van der Waals surface area contributed by atoms with E-state index in [4.69, 9.17) is 0 Å². The Morgan fingerprint density at radius 3 is 1.89 bits per heavy atom. The third kappa shape index (κ3) is 11.1. The van der Waals surface area contributed by atoms with E-state index in [9.17, 15) is 0 Å². The molecule has 110 valence electrons. The Bertz CT molecular complexity index is 150. The van der Waals surface area contributed by atoms with Gasteiger partial charge in [0, 0.05) is 0 Å². The van der Waals surface area contributed by atoms with Crippen LogP contribution in [0.15, 0.2) is 0 Å². The van der Waals surface area contributed by atoms with Crippen LogP contribution in [0.25, 0.3) is 0 Å². The van der Waals surface area contributed by atoms with E-state index < -0.39 is 0 Å². The van der Waals surface area contributed by atoms with Crippen LogP contribution in [-0.4, -0.2) is 0 Å². The van der Waals surface area contributed by atoms with E-state index in [0.29, 0.717) is 0 Å². The molecule has 0 bridgehead atoms. The van der Waals surface area contributed by atoms with Gasteiger partial charge < -0.3 is 0 Å². The minimum atomic E-state index is 0.958. The summed E-state index contributed by atoms with van der Waals surface area (Å²) in [6.07, 6.45) is 17.3. The highest BCUT2D eigenvalue weighted by Gasteiger charge is 2.12. The molecule has 0 heterocycles. The first-order chi connectivity index (χ1) is 8.74. The Hall–Kier alpha value is 0. The standard InChI is InChI=1S/C18H38/c1-5-8-10-11-12-14-17(4)16-18(13-7-3)15-9-6-2/h17-18H,5-16H2,1-4H3. The van der Waals surface area contributed by atoms with Gasteiger partial charge in [0.2, 0.25) is 0 Å². The fourth-order valence-corrected chi connectivity index (χ4v) is 3.06. The van der Waals surface area contributed by atoms with Crippen molar-refractivity contribution in [3.8, 4) is 0 Å². The molecule has 0 heteroatoms. The van der Waals surface area contributed by atoms with Crippen molar-refractivity contribution in [2.75, 3.05) is 0 Å². The van der Waals surface area contributed by atoms with Gasteiger partial charge >= 0.3 is 0 Å². The van der Waals surface area contributed by atoms with E-state index >= 15 is 0 Å². The average molecular weight is 255 g/mol. The normalized spacial score (nSPS) is 14.7. The topological polar surface area (TPSA) is 0 Å². The summed E-state index contributed by atoms with van der Waals surface area (Å²) in [6.45, 7) is 9.44. The number of unbranched alkanes of at least 4 members (excludes halogenated alkanes) is 5. The van der Waals surface area contributed by atoms with Gasteiger partial charge in [-0.2, -0.15) is 0 Å². The summed E-state index contributed by atoms with van der Waals surface area (Å²) < 4.78 is 0. The minimum Gasteiger partial charge on any atom is -0.0654 e. The monoisotopic (exact) mass is 254 g/mol. The first-order valence-electron chi connectivity index (χ1n) is 8.74. The van der Waals surface area contributed by atoms with Gasteiger partial charge in [-0.15, -0.1) is 0 Å². The molecule has 18 heavy (non-hydrogen) atoms. The van der Waals surface area contributed by atoms with Crippen LogP contribution in [0, 0.1) is 11.8 Å². The highest BCUT2D eigenvalue weighted by atomic mass is 14.2. The third-order valence-corrected chi connectivity index (χ3v) is 4.20. The lowest BCUT2D eigenvalue weighted by Gasteiger charge is -2.20. The van der Waals surface area contributed by atoms with Crippen LogP contribution >= 0.6 is 0 Å². The highest BCUT2D eigenvalue weighted by molar-refractivity contribution is 4.64. The van der Waals surface area contributed by atoms with Gasteiger partial charge in [0.1, 0.15) is 0 Å². The molecular formula is C18H38. The first-order valence-corrected chi connectivity index (χ1v) is 8.74. The average Bonchev–Trinajstić information content (AvgIpc) is 2.36. The summed E-state index contributed by atoms with van der Waals surface area (Å²) in [7, 11) is 0. The van der Waals surface area contributed by atoms with Crippen molar-refractivity contribution in [1.29, 1.82) is 0 Å². The molecule has 0 amide bonds. The van der Waals surface area contributed by atoms with E-state index in [2.05, 4.69) is 27.7 Å². The number of hydrogen-bond donors (Lipinski definition) is 0. The Kier molecular flexibility index (Phi) is 13.4. The molecule has 0 N–H and O–H groups in total. The van der Waals surface area contributed by atoms with Crippen LogP contribution < -0.4 is 0 Å². The second-order valence-corrected chi connectivity index (χ2v) is 6.34. The molecule has 0 fully saturated rings. The fourth-order valence-electron chi connectivity index (χ4n) is 3.06. The van der Waals surface area contributed by atoms with E-state index in [1.54, 1.807) is 0 Å². The van der Waals surface area contributed by atoms with Gasteiger partial charge in [0.15, 0.2) is 0 Å². The smallest absolute Gasteiger partial charge is 0.0412 e. The second kappa shape index (κ2) is 13.4. The molecule has 0 aromatic heterocycles. The van der Waals surface area contributed by atoms with Crippen molar-refractivity contribution in [2.24, 2.45) is 11.8 Å². The van der Waals surface area contributed by atoms with Crippen molar-refractivity contribution < 1.29 is 0 Å².